The van der Waals surface area contributed by atoms with Crippen LogP contribution in [0.25, 0.3) is 0 Å². The van der Waals surface area contributed by atoms with Gasteiger partial charge in [-0.3, -0.25) is 4.79 Å². The molecule has 25 heavy (non-hydrogen) atoms. The van der Waals surface area contributed by atoms with Crippen molar-refractivity contribution in [1.82, 2.24) is 9.88 Å². The third-order valence-electron chi connectivity index (χ3n) is 4.05. The van der Waals surface area contributed by atoms with Gasteiger partial charge in [-0.1, -0.05) is 12.1 Å². The van der Waals surface area contributed by atoms with Gasteiger partial charge in [0.15, 0.2) is 0 Å². The van der Waals surface area contributed by atoms with Gasteiger partial charge in [-0.25, -0.2) is 4.98 Å². The molecule has 0 atom stereocenters. The number of pyridine rings is 1. The van der Waals surface area contributed by atoms with Crippen LogP contribution in [0.2, 0.25) is 0 Å². The minimum atomic E-state index is -0.121. The average molecular weight is 341 g/mol. The van der Waals surface area contributed by atoms with E-state index >= 15 is 0 Å². The predicted octanol–water partition coefficient (Wildman–Crippen LogP) is 2.35. The lowest BCUT2D eigenvalue weighted by molar-refractivity contribution is 0.100. The number of aromatic nitrogens is 1. The number of anilines is 1. The molecule has 132 valence electrons. The maximum absolute atomic E-state index is 12.7. The lowest BCUT2D eigenvalue weighted by Crippen LogP contribution is -2.20. The van der Waals surface area contributed by atoms with Crippen LogP contribution < -0.4 is 10.1 Å². The molecule has 6 nitrogen and oxygen atoms in total. The van der Waals surface area contributed by atoms with Gasteiger partial charge in [0.05, 0.1) is 13.2 Å². The smallest absolute Gasteiger partial charge is 0.255 e. The first-order chi connectivity index (χ1) is 12.1. The van der Waals surface area contributed by atoms with Gasteiger partial charge >= 0.3 is 0 Å². The van der Waals surface area contributed by atoms with Crippen LogP contribution in [0.4, 0.5) is 5.69 Å². The first-order valence-corrected chi connectivity index (χ1v) is 8.37. The van der Waals surface area contributed by atoms with Crippen molar-refractivity contribution in [2.75, 3.05) is 39.2 Å². The van der Waals surface area contributed by atoms with Crippen LogP contribution in [0.15, 0.2) is 36.5 Å². The predicted molar refractivity (Wildman–Crippen MR) is 96.0 cm³/mol. The molecule has 1 aromatic carbocycles. The fourth-order valence-corrected chi connectivity index (χ4v) is 2.73. The summed E-state index contributed by atoms with van der Waals surface area (Å²) in [5, 5.41) is 2.94. The summed E-state index contributed by atoms with van der Waals surface area (Å²) in [6.45, 7) is 2.56. The Kier molecular flexibility index (Phi) is 5.63. The molecule has 1 aliphatic heterocycles. The molecule has 0 saturated heterocycles. The summed E-state index contributed by atoms with van der Waals surface area (Å²) in [6.07, 6.45) is 2.39. The molecule has 3 rings (SSSR count). The molecule has 1 aromatic heterocycles. The lowest BCUT2D eigenvalue weighted by atomic mass is 9.96. The normalized spacial score (nSPS) is 13.4. The molecule has 2 heterocycles. The topological polar surface area (TPSA) is 63.7 Å². The van der Waals surface area contributed by atoms with E-state index in [-0.39, 0.29) is 5.91 Å². The van der Waals surface area contributed by atoms with E-state index in [0.29, 0.717) is 37.0 Å². The zero-order valence-corrected chi connectivity index (χ0v) is 14.6. The molecule has 0 fully saturated rings. The molecule has 6 heteroatoms. The minimum Gasteiger partial charge on any atom is -0.476 e. The molecule has 1 aliphatic rings. The van der Waals surface area contributed by atoms with Crippen molar-refractivity contribution in [3.8, 4) is 5.88 Å². The highest BCUT2D eigenvalue weighted by molar-refractivity contribution is 6.05. The van der Waals surface area contributed by atoms with Crippen molar-refractivity contribution in [2.24, 2.45) is 0 Å². The van der Waals surface area contributed by atoms with E-state index in [9.17, 15) is 4.79 Å². The summed E-state index contributed by atoms with van der Waals surface area (Å²) in [4.78, 5) is 18.9. The molecule has 0 bridgehead atoms. The summed E-state index contributed by atoms with van der Waals surface area (Å²) < 4.78 is 11.1. The van der Waals surface area contributed by atoms with Crippen LogP contribution >= 0.6 is 0 Å². The van der Waals surface area contributed by atoms with Gasteiger partial charge in [-0.05, 0) is 43.8 Å². The molecular formula is C19H23N3O3. The first-order valence-electron chi connectivity index (χ1n) is 8.37. The van der Waals surface area contributed by atoms with Crippen LogP contribution in [-0.4, -0.2) is 49.6 Å². The summed E-state index contributed by atoms with van der Waals surface area (Å²) in [6, 6.07) is 9.26. The maximum Gasteiger partial charge on any atom is 0.255 e. The second-order valence-corrected chi connectivity index (χ2v) is 6.23. The highest BCUT2D eigenvalue weighted by Crippen LogP contribution is 2.22. The Labute approximate surface area is 147 Å². The highest BCUT2D eigenvalue weighted by atomic mass is 16.5. The van der Waals surface area contributed by atoms with E-state index in [1.54, 1.807) is 18.3 Å². The molecule has 1 amide bonds. The summed E-state index contributed by atoms with van der Waals surface area (Å²) in [7, 11) is 3.97. The van der Waals surface area contributed by atoms with Crippen LogP contribution in [0.5, 0.6) is 5.88 Å². The molecule has 1 N–H and O–H groups in total. The molecule has 0 radical (unpaired) electrons. The quantitative estimate of drug-likeness (QED) is 0.874. The van der Waals surface area contributed by atoms with Crippen LogP contribution in [0, 0.1) is 0 Å². The Bertz CT molecular complexity index is 746. The fourth-order valence-electron chi connectivity index (χ4n) is 2.73. The Hall–Kier alpha value is -2.44. The number of amides is 1. The minimum absolute atomic E-state index is 0.121. The number of hydrogen-bond acceptors (Lipinski definition) is 5. The van der Waals surface area contributed by atoms with E-state index < -0.39 is 0 Å². The molecule has 0 unspecified atom stereocenters. The number of nitrogens with zero attached hydrogens (tertiary/aromatic N) is 2. The van der Waals surface area contributed by atoms with Crippen molar-refractivity contribution >= 4 is 11.6 Å². The van der Waals surface area contributed by atoms with E-state index in [1.807, 2.05) is 37.2 Å². The van der Waals surface area contributed by atoms with E-state index in [4.69, 9.17) is 9.47 Å². The monoisotopic (exact) mass is 341 g/mol. The number of carbonyl (C=O) groups is 1. The van der Waals surface area contributed by atoms with Crippen LogP contribution in [0.3, 0.4) is 0 Å². The van der Waals surface area contributed by atoms with E-state index in [2.05, 4.69) is 10.3 Å². The molecular weight excluding hydrogens is 318 g/mol. The van der Waals surface area contributed by atoms with Gasteiger partial charge in [0.2, 0.25) is 5.88 Å². The summed E-state index contributed by atoms with van der Waals surface area (Å²) >= 11 is 0. The van der Waals surface area contributed by atoms with E-state index in [1.165, 1.54) is 0 Å². The Morgan fingerprint density at radius 1 is 1.36 bits per heavy atom. The molecule has 0 saturated carbocycles. The van der Waals surface area contributed by atoms with Crippen molar-refractivity contribution < 1.29 is 14.3 Å². The molecule has 2 aromatic rings. The Morgan fingerprint density at radius 2 is 2.24 bits per heavy atom. The van der Waals surface area contributed by atoms with Crippen molar-refractivity contribution in [1.29, 1.82) is 0 Å². The first kappa shape index (κ1) is 17.4. The lowest BCUT2D eigenvalue weighted by Gasteiger charge is -2.19. The number of nitrogens with one attached hydrogen (secondary N) is 1. The zero-order valence-electron chi connectivity index (χ0n) is 14.6. The van der Waals surface area contributed by atoms with Crippen molar-refractivity contribution in [3.05, 3.63) is 53.2 Å². The van der Waals surface area contributed by atoms with Gasteiger partial charge in [0.25, 0.3) is 5.91 Å². The maximum atomic E-state index is 12.7. The number of ether oxygens (including phenoxy) is 2. The van der Waals surface area contributed by atoms with Crippen molar-refractivity contribution in [2.45, 2.75) is 13.0 Å². The molecule has 0 spiro atoms. The number of likely N-dealkylation sites (N-methyl/N-ethyl adjacent to an activating group) is 1. The zero-order chi connectivity index (χ0) is 17.6. The summed E-state index contributed by atoms with van der Waals surface area (Å²) in [5.74, 6) is 0.382. The number of carbonyl (C=O) groups excluding carboxylic acids is 1. The Morgan fingerprint density at radius 3 is 3.08 bits per heavy atom. The van der Waals surface area contributed by atoms with E-state index in [0.717, 1.165) is 24.1 Å². The second-order valence-electron chi connectivity index (χ2n) is 6.23. The SMILES string of the molecule is CN(C)CCOc1cc(NC(=O)c2cccc3c2CCOC3)ccn1. The van der Waals surface area contributed by atoms with Gasteiger partial charge in [-0.2, -0.15) is 0 Å². The van der Waals surface area contributed by atoms with Crippen molar-refractivity contribution in [3.63, 3.8) is 0 Å². The molecule has 0 aliphatic carbocycles. The fraction of sp³-hybridized carbons (Fsp3) is 0.368. The van der Waals surface area contributed by atoms with Gasteiger partial charge < -0.3 is 19.7 Å². The number of benzene rings is 1. The third kappa shape index (κ3) is 4.55. The van der Waals surface area contributed by atoms with Crippen LogP contribution in [-0.2, 0) is 17.8 Å². The van der Waals surface area contributed by atoms with Gasteiger partial charge in [0.1, 0.15) is 6.61 Å². The second kappa shape index (κ2) is 8.09. The van der Waals surface area contributed by atoms with Gasteiger partial charge in [-0.15, -0.1) is 0 Å². The largest absolute Gasteiger partial charge is 0.476 e. The number of rotatable bonds is 6. The third-order valence-corrected chi connectivity index (χ3v) is 4.05. The van der Waals surface area contributed by atoms with Gasteiger partial charge in [0, 0.05) is 30.1 Å². The number of fused-ring (bicyclic) bond motifs is 1. The summed E-state index contributed by atoms with van der Waals surface area (Å²) in [5.41, 5.74) is 3.53. The number of hydrogen-bond donors (Lipinski definition) is 1. The standard InChI is InChI=1S/C19H23N3O3/c1-22(2)9-11-25-18-12-15(6-8-20-18)21-19(23)17-5-3-4-14-13-24-10-7-16(14)17/h3-6,8,12H,7,9-11,13H2,1-2H3,(H,20,21,23). The highest BCUT2D eigenvalue weighted by Gasteiger charge is 2.18. The Balaban J connectivity index is 1.69. The van der Waals surface area contributed by atoms with Crippen LogP contribution in [0.1, 0.15) is 21.5 Å². The average Bonchev–Trinajstić information content (AvgIpc) is 2.61.